The first-order valence-corrected chi connectivity index (χ1v) is 18.1. The summed E-state index contributed by atoms with van der Waals surface area (Å²) in [5.74, 6) is 0. The fourth-order valence-electron chi connectivity index (χ4n) is 7.79. The molecule has 1 atom stereocenters. The zero-order valence-corrected chi connectivity index (χ0v) is 29.5. The molecule has 8 aromatic rings. The van der Waals surface area contributed by atoms with Crippen LogP contribution in [0.1, 0.15) is 30.0 Å². The number of fused-ring (bicyclic) bond motifs is 3. The predicted octanol–water partition coefficient (Wildman–Crippen LogP) is 13.0. The molecular weight excluding hydrogens is 643 g/mol. The molecule has 252 valence electrons. The molecule has 1 heterocycles. The van der Waals surface area contributed by atoms with Crippen LogP contribution in [0, 0.1) is 11.3 Å². The maximum absolute atomic E-state index is 9.36. The Bertz CT molecular complexity index is 2710. The van der Waals surface area contributed by atoms with Crippen molar-refractivity contribution in [2.75, 3.05) is 5.32 Å². The Balaban J connectivity index is 1.06. The summed E-state index contributed by atoms with van der Waals surface area (Å²) in [5.41, 5.74) is 14.4. The number of aromatic nitrogens is 1. The molecule has 0 aliphatic heterocycles. The zero-order valence-electron chi connectivity index (χ0n) is 29.5. The minimum absolute atomic E-state index is 0.0786. The van der Waals surface area contributed by atoms with E-state index < -0.39 is 0 Å². The fraction of sp³-hybridized carbons (Fsp3) is 0.0600. The first-order valence-electron chi connectivity index (χ1n) is 18.1. The SMILES string of the molecule is CC1(c2ccc(Nc3ccc(-c4ccc5c(c4)c4ccccc4n5-c4ccc(C#N)cc4)cc3-c3ccccc3)cc2)C=C(c2ccccc2)C=CC1. The molecule has 1 aliphatic carbocycles. The third kappa shape index (κ3) is 6.01. The highest BCUT2D eigenvalue weighted by molar-refractivity contribution is 6.10. The lowest BCUT2D eigenvalue weighted by Gasteiger charge is -2.29. The summed E-state index contributed by atoms with van der Waals surface area (Å²) < 4.78 is 2.28. The van der Waals surface area contributed by atoms with Gasteiger partial charge >= 0.3 is 0 Å². The molecule has 0 saturated carbocycles. The minimum atomic E-state index is -0.0786. The van der Waals surface area contributed by atoms with Gasteiger partial charge in [-0.3, -0.25) is 0 Å². The van der Waals surface area contributed by atoms with Gasteiger partial charge in [0.25, 0.3) is 0 Å². The number of nitriles is 1. The van der Waals surface area contributed by atoms with Gasteiger partial charge in [-0.05, 0) is 107 Å². The number of nitrogens with one attached hydrogen (secondary N) is 1. The van der Waals surface area contributed by atoms with Gasteiger partial charge in [0.15, 0.2) is 0 Å². The lowest BCUT2D eigenvalue weighted by Crippen LogP contribution is -2.20. The van der Waals surface area contributed by atoms with Gasteiger partial charge in [0.2, 0.25) is 0 Å². The second kappa shape index (κ2) is 13.3. The second-order valence-electron chi connectivity index (χ2n) is 14.1. The van der Waals surface area contributed by atoms with Gasteiger partial charge in [0, 0.05) is 38.8 Å². The van der Waals surface area contributed by atoms with Gasteiger partial charge in [0.05, 0.1) is 22.7 Å². The van der Waals surface area contributed by atoms with E-state index in [1.165, 1.54) is 27.5 Å². The molecule has 3 nitrogen and oxygen atoms in total. The maximum atomic E-state index is 9.36. The molecule has 7 aromatic carbocycles. The Kier molecular flexibility index (Phi) is 8.07. The number of benzene rings is 7. The molecule has 0 spiro atoms. The third-order valence-corrected chi connectivity index (χ3v) is 10.6. The number of hydrogen-bond acceptors (Lipinski definition) is 2. The van der Waals surface area contributed by atoms with E-state index in [2.05, 4.69) is 187 Å². The quantitative estimate of drug-likeness (QED) is 0.182. The van der Waals surface area contributed by atoms with Gasteiger partial charge in [-0.25, -0.2) is 0 Å². The normalized spacial score (nSPS) is 15.3. The number of nitrogens with zero attached hydrogens (tertiary/aromatic N) is 2. The van der Waals surface area contributed by atoms with Crippen LogP contribution in [0.25, 0.3) is 55.3 Å². The predicted molar refractivity (Wildman–Crippen MR) is 222 cm³/mol. The van der Waals surface area contributed by atoms with Crippen molar-refractivity contribution in [2.45, 2.75) is 18.8 Å². The van der Waals surface area contributed by atoms with Gasteiger partial charge < -0.3 is 9.88 Å². The van der Waals surface area contributed by atoms with E-state index in [-0.39, 0.29) is 5.41 Å². The average Bonchev–Trinajstić information content (AvgIpc) is 3.55. The van der Waals surface area contributed by atoms with Crippen molar-refractivity contribution in [1.29, 1.82) is 5.26 Å². The first kappa shape index (κ1) is 32.0. The molecule has 1 N–H and O–H groups in total. The lowest BCUT2D eigenvalue weighted by atomic mass is 9.75. The summed E-state index contributed by atoms with van der Waals surface area (Å²) >= 11 is 0. The van der Waals surface area contributed by atoms with Crippen LogP contribution >= 0.6 is 0 Å². The van der Waals surface area contributed by atoms with E-state index in [1.807, 2.05) is 24.3 Å². The summed E-state index contributed by atoms with van der Waals surface area (Å²) in [6.45, 7) is 2.33. The summed E-state index contributed by atoms with van der Waals surface area (Å²) in [7, 11) is 0. The van der Waals surface area contributed by atoms with Crippen LogP contribution in [-0.4, -0.2) is 4.57 Å². The minimum Gasteiger partial charge on any atom is -0.355 e. The molecular formula is C50H37N3. The van der Waals surface area contributed by atoms with Crippen LogP contribution < -0.4 is 5.32 Å². The van der Waals surface area contributed by atoms with Crippen molar-refractivity contribution < 1.29 is 0 Å². The summed E-state index contributed by atoms with van der Waals surface area (Å²) in [5, 5.41) is 15.5. The van der Waals surface area contributed by atoms with Gasteiger partial charge in [-0.1, -0.05) is 128 Å². The van der Waals surface area contributed by atoms with E-state index in [1.54, 1.807) is 0 Å². The van der Waals surface area contributed by atoms with Crippen molar-refractivity contribution in [3.05, 3.63) is 205 Å². The summed E-state index contributed by atoms with van der Waals surface area (Å²) in [6, 6.07) is 62.3. The third-order valence-electron chi connectivity index (χ3n) is 10.6. The highest BCUT2D eigenvalue weighted by atomic mass is 15.0. The lowest BCUT2D eigenvalue weighted by molar-refractivity contribution is 0.602. The van der Waals surface area contributed by atoms with Crippen molar-refractivity contribution >= 4 is 38.8 Å². The molecule has 3 heteroatoms. The van der Waals surface area contributed by atoms with Crippen molar-refractivity contribution in [3.8, 4) is 34.0 Å². The Labute approximate surface area is 310 Å². The number of allylic oxidation sites excluding steroid dienone is 4. The molecule has 9 rings (SSSR count). The topological polar surface area (TPSA) is 40.8 Å². The molecule has 0 radical (unpaired) electrons. The molecule has 1 aliphatic rings. The molecule has 53 heavy (non-hydrogen) atoms. The van der Waals surface area contributed by atoms with Crippen LogP contribution in [0.5, 0.6) is 0 Å². The zero-order chi connectivity index (χ0) is 35.8. The first-order chi connectivity index (χ1) is 26.1. The Morgan fingerprint density at radius 2 is 1.26 bits per heavy atom. The molecule has 1 aromatic heterocycles. The van der Waals surface area contributed by atoms with E-state index in [0.29, 0.717) is 5.56 Å². The Morgan fingerprint density at radius 3 is 2.02 bits per heavy atom. The van der Waals surface area contributed by atoms with Gasteiger partial charge in [-0.2, -0.15) is 5.26 Å². The van der Waals surface area contributed by atoms with E-state index in [4.69, 9.17) is 0 Å². The van der Waals surface area contributed by atoms with Crippen LogP contribution in [0.2, 0.25) is 0 Å². The maximum Gasteiger partial charge on any atom is 0.0991 e. The fourth-order valence-corrected chi connectivity index (χ4v) is 7.79. The van der Waals surface area contributed by atoms with Crippen LogP contribution in [0.4, 0.5) is 11.4 Å². The van der Waals surface area contributed by atoms with Crippen molar-refractivity contribution in [3.63, 3.8) is 0 Å². The molecule has 0 fully saturated rings. The van der Waals surface area contributed by atoms with Crippen molar-refractivity contribution in [2.24, 2.45) is 0 Å². The molecule has 1 unspecified atom stereocenters. The Hall–Kier alpha value is -6.89. The molecule has 0 bridgehead atoms. The van der Waals surface area contributed by atoms with Crippen LogP contribution in [0.3, 0.4) is 0 Å². The summed E-state index contributed by atoms with van der Waals surface area (Å²) in [6.07, 6.45) is 7.93. The van der Waals surface area contributed by atoms with E-state index in [9.17, 15) is 5.26 Å². The van der Waals surface area contributed by atoms with Crippen LogP contribution in [0.15, 0.2) is 188 Å². The number of hydrogen-bond donors (Lipinski definition) is 1. The van der Waals surface area contributed by atoms with E-state index in [0.717, 1.165) is 56.8 Å². The standard InChI is InChI=1S/C50H37N3/c1-50(30-10-15-40(33-50)36-11-4-2-5-12-36)41-22-24-42(25-23-41)52-47-28-20-38(31-45(47)37-13-6-3-7-14-37)39-21-29-49-46(32-39)44-16-8-9-17-48(44)53(49)43-26-18-35(34-51)19-27-43/h2-29,31-33,52H,30H2,1H3. The Morgan fingerprint density at radius 1 is 0.604 bits per heavy atom. The number of para-hydroxylation sites is 1. The second-order valence-corrected chi connectivity index (χ2v) is 14.1. The van der Waals surface area contributed by atoms with Gasteiger partial charge in [0.1, 0.15) is 0 Å². The number of rotatable bonds is 7. The highest BCUT2D eigenvalue weighted by Crippen LogP contribution is 2.40. The molecule has 0 amide bonds. The van der Waals surface area contributed by atoms with Crippen LogP contribution in [-0.2, 0) is 5.41 Å². The summed E-state index contributed by atoms with van der Waals surface area (Å²) in [4.78, 5) is 0. The van der Waals surface area contributed by atoms with Crippen molar-refractivity contribution in [1.82, 2.24) is 4.57 Å². The largest absolute Gasteiger partial charge is 0.355 e. The van der Waals surface area contributed by atoms with E-state index >= 15 is 0 Å². The number of anilines is 2. The highest BCUT2D eigenvalue weighted by Gasteiger charge is 2.26. The smallest absolute Gasteiger partial charge is 0.0991 e. The molecule has 0 saturated heterocycles. The monoisotopic (exact) mass is 679 g/mol. The van der Waals surface area contributed by atoms with Gasteiger partial charge in [-0.15, -0.1) is 0 Å². The average molecular weight is 680 g/mol.